The summed E-state index contributed by atoms with van der Waals surface area (Å²) in [5.41, 5.74) is 1.42. The normalized spacial score (nSPS) is 18.8. The molecule has 2 aromatic rings. The molecule has 1 amide bonds. The number of benzene rings is 1. The van der Waals surface area contributed by atoms with Crippen molar-refractivity contribution in [1.29, 1.82) is 0 Å². The standard InChI is InChI=1S/C19H23F3N4O2/c1-18(2,3)26-12-13(10-24-26)11-25-9-8-23-17(27)16(25)14-4-6-15(7-5-14)28-19(20,21)22/h4-7,10,12,16H,8-9,11H2,1-3H3,(H,23,27). The van der Waals surface area contributed by atoms with E-state index in [1.807, 2.05) is 36.5 Å². The van der Waals surface area contributed by atoms with Gasteiger partial charge in [-0.3, -0.25) is 14.4 Å². The number of aromatic nitrogens is 2. The van der Waals surface area contributed by atoms with E-state index >= 15 is 0 Å². The predicted molar refractivity (Wildman–Crippen MR) is 96.5 cm³/mol. The summed E-state index contributed by atoms with van der Waals surface area (Å²) in [5.74, 6) is -0.496. The second-order valence-corrected chi connectivity index (χ2v) is 7.74. The second kappa shape index (κ2) is 7.46. The largest absolute Gasteiger partial charge is 0.573 e. The third-order valence-electron chi connectivity index (χ3n) is 4.45. The molecule has 2 heterocycles. The van der Waals surface area contributed by atoms with Crippen molar-refractivity contribution < 1.29 is 22.7 Å². The van der Waals surface area contributed by atoms with Gasteiger partial charge in [0.1, 0.15) is 11.8 Å². The topological polar surface area (TPSA) is 59.4 Å². The fraction of sp³-hybridized carbons (Fsp3) is 0.474. The highest BCUT2D eigenvalue weighted by atomic mass is 19.4. The van der Waals surface area contributed by atoms with Gasteiger partial charge in [0.25, 0.3) is 0 Å². The number of amides is 1. The summed E-state index contributed by atoms with van der Waals surface area (Å²) >= 11 is 0. The molecule has 28 heavy (non-hydrogen) atoms. The molecular formula is C19H23F3N4O2. The van der Waals surface area contributed by atoms with Crippen molar-refractivity contribution in [3.63, 3.8) is 0 Å². The average Bonchev–Trinajstić information content (AvgIpc) is 3.04. The maximum Gasteiger partial charge on any atom is 0.573 e. The molecule has 0 saturated carbocycles. The van der Waals surface area contributed by atoms with E-state index in [2.05, 4.69) is 15.2 Å². The van der Waals surface area contributed by atoms with Crippen molar-refractivity contribution in [2.24, 2.45) is 0 Å². The third-order valence-corrected chi connectivity index (χ3v) is 4.45. The summed E-state index contributed by atoms with van der Waals surface area (Å²) in [4.78, 5) is 14.5. The molecule has 1 aliphatic rings. The molecule has 1 N–H and O–H groups in total. The molecule has 6 nitrogen and oxygen atoms in total. The lowest BCUT2D eigenvalue weighted by Gasteiger charge is -2.35. The van der Waals surface area contributed by atoms with Crippen LogP contribution in [0.4, 0.5) is 13.2 Å². The number of rotatable bonds is 4. The summed E-state index contributed by atoms with van der Waals surface area (Å²) in [6.07, 6.45) is -1.03. The van der Waals surface area contributed by atoms with Crippen molar-refractivity contribution in [3.8, 4) is 5.75 Å². The number of halogens is 3. The van der Waals surface area contributed by atoms with Gasteiger partial charge in [-0.2, -0.15) is 5.10 Å². The highest BCUT2D eigenvalue weighted by molar-refractivity contribution is 5.84. The fourth-order valence-corrected chi connectivity index (χ4v) is 3.14. The van der Waals surface area contributed by atoms with Crippen LogP contribution < -0.4 is 10.1 Å². The van der Waals surface area contributed by atoms with Crippen LogP contribution in [0, 0.1) is 0 Å². The molecule has 1 aromatic heterocycles. The number of ether oxygens (including phenoxy) is 1. The van der Waals surface area contributed by atoms with Gasteiger partial charge in [-0.15, -0.1) is 13.2 Å². The van der Waals surface area contributed by atoms with E-state index in [0.717, 1.165) is 5.56 Å². The molecule has 0 aliphatic carbocycles. The van der Waals surface area contributed by atoms with Gasteiger partial charge in [-0.1, -0.05) is 12.1 Å². The maximum absolute atomic E-state index is 12.5. The molecule has 1 fully saturated rings. The lowest BCUT2D eigenvalue weighted by atomic mass is 10.0. The summed E-state index contributed by atoms with van der Waals surface area (Å²) in [6, 6.07) is 4.83. The Morgan fingerprint density at radius 1 is 1.21 bits per heavy atom. The van der Waals surface area contributed by atoms with Crippen LogP contribution in [-0.2, 0) is 16.9 Å². The van der Waals surface area contributed by atoms with E-state index in [0.29, 0.717) is 25.2 Å². The number of hydrogen-bond donors (Lipinski definition) is 1. The lowest BCUT2D eigenvalue weighted by molar-refractivity contribution is -0.274. The molecule has 1 aliphatic heterocycles. The molecule has 1 aromatic carbocycles. The fourth-order valence-electron chi connectivity index (χ4n) is 3.14. The van der Waals surface area contributed by atoms with Crippen LogP contribution in [0.5, 0.6) is 5.75 Å². The van der Waals surface area contributed by atoms with Crippen LogP contribution in [0.25, 0.3) is 0 Å². The minimum atomic E-state index is -4.75. The molecule has 0 spiro atoms. The van der Waals surface area contributed by atoms with Gasteiger partial charge in [0.05, 0.1) is 11.7 Å². The van der Waals surface area contributed by atoms with Crippen LogP contribution >= 0.6 is 0 Å². The maximum atomic E-state index is 12.5. The highest BCUT2D eigenvalue weighted by Gasteiger charge is 2.33. The lowest BCUT2D eigenvalue weighted by Crippen LogP contribution is -2.49. The Labute approximate surface area is 161 Å². The zero-order valence-electron chi connectivity index (χ0n) is 16.0. The first-order valence-electron chi connectivity index (χ1n) is 8.94. The molecular weight excluding hydrogens is 373 g/mol. The van der Waals surface area contributed by atoms with E-state index in [1.54, 1.807) is 6.20 Å². The van der Waals surface area contributed by atoms with E-state index < -0.39 is 12.4 Å². The number of alkyl halides is 3. The molecule has 1 unspecified atom stereocenters. The first-order chi connectivity index (χ1) is 13.0. The van der Waals surface area contributed by atoms with E-state index in [4.69, 9.17) is 0 Å². The van der Waals surface area contributed by atoms with E-state index in [1.165, 1.54) is 24.3 Å². The third kappa shape index (κ3) is 4.83. The van der Waals surface area contributed by atoms with Crippen molar-refractivity contribution in [2.75, 3.05) is 13.1 Å². The van der Waals surface area contributed by atoms with Gasteiger partial charge in [-0.05, 0) is 38.5 Å². The number of hydrogen-bond acceptors (Lipinski definition) is 4. The van der Waals surface area contributed by atoms with Crippen LogP contribution in [0.3, 0.4) is 0 Å². The first-order valence-corrected chi connectivity index (χ1v) is 8.94. The van der Waals surface area contributed by atoms with Gasteiger partial charge in [0, 0.05) is 31.4 Å². The molecule has 9 heteroatoms. The number of piperazine rings is 1. The van der Waals surface area contributed by atoms with Crippen molar-refractivity contribution in [2.45, 2.75) is 45.3 Å². The van der Waals surface area contributed by atoms with Crippen LogP contribution in [0.15, 0.2) is 36.7 Å². The van der Waals surface area contributed by atoms with Crippen LogP contribution in [-0.4, -0.2) is 40.0 Å². The Hall–Kier alpha value is -2.55. The SMILES string of the molecule is CC(C)(C)n1cc(CN2CCNC(=O)C2c2ccc(OC(F)(F)F)cc2)cn1. The number of carbonyl (C=O) groups is 1. The summed E-state index contributed by atoms with van der Waals surface area (Å²) in [6.45, 7) is 7.79. The van der Waals surface area contributed by atoms with Gasteiger partial charge in [0.2, 0.25) is 5.91 Å². The van der Waals surface area contributed by atoms with E-state index in [-0.39, 0.29) is 17.2 Å². The summed E-state index contributed by atoms with van der Waals surface area (Å²) < 4.78 is 42.8. The Kier molecular flexibility index (Phi) is 5.38. The quantitative estimate of drug-likeness (QED) is 0.862. The minimum absolute atomic E-state index is 0.148. The van der Waals surface area contributed by atoms with Crippen LogP contribution in [0.2, 0.25) is 0 Å². The Balaban J connectivity index is 1.79. The Morgan fingerprint density at radius 3 is 2.46 bits per heavy atom. The zero-order valence-corrected chi connectivity index (χ0v) is 16.0. The van der Waals surface area contributed by atoms with Crippen molar-refractivity contribution in [3.05, 3.63) is 47.8 Å². The van der Waals surface area contributed by atoms with Gasteiger partial charge in [-0.25, -0.2) is 0 Å². The monoisotopic (exact) mass is 396 g/mol. The average molecular weight is 396 g/mol. The van der Waals surface area contributed by atoms with Crippen LogP contribution in [0.1, 0.15) is 37.9 Å². The zero-order chi connectivity index (χ0) is 20.5. The second-order valence-electron chi connectivity index (χ2n) is 7.74. The molecule has 1 atom stereocenters. The predicted octanol–water partition coefficient (Wildman–Crippen LogP) is 3.21. The summed E-state index contributed by atoms with van der Waals surface area (Å²) in [7, 11) is 0. The van der Waals surface area contributed by atoms with E-state index in [9.17, 15) is 18.0 Å². The van der Waals surface area contributed by atoms with Gasteiger partial charge in [0.15, 0.2) is 0 Å². The highest BCUT2D eigenvalue weighted by Crippen LogP contribution is 2.29. The number of carbonyl (C=O) groups excluding carboxylic acids is 1. The molecule has 3 rings (SSSR count). The molecule has 0 bridgehead atoms. The first kappa shape index (κ1) is 20.2. The Morgan fingerprint density at radius 2 is 1.89 bits per heavy atom. The molecule has 1 saturated heterocycles. The Bertz CT molecular complexity index is 825. The number of nitrogens with one attached hydrogen (secondary N) is 1. The number of nitrogens with zero attached hydrogens (tertiary/aromatic N) is 3. The minimum Gasteiger partial charge on any atom is -0.406 e. The van der Waals surface area contributed by atoms with Crippen molar-refractivity contribution >= 4 is 5.91 Å². The molecule has 0 radical (unpaired) electrons. The van der Waals surface area contributed by atoms with Crippen molar-refractivity contribution in [1.82, 2.24) is 20.0 Å². The summed E-state index contributed by atoms with van der Waals surface area (Å²) in [5, 5.41) is 7.20. The smallest absolute Gasteiger partial charge is 0.406 e. The van der Waals surface area contributed by atoms with Gasteiger partial charge >= 0.3 is 6.36 Å². The van der Waals surface area contributed by atoms with Gasteiger partial charge < -0.3 is 10.1 Å². The molecule has 152 valence electrons.